The molecule has 0 unspecified atom stereocenters. The van der Waals surface area contributed by atoms with Gasteiger partial charge in [-0.05, 0) is 25.2 Å². The molecule has 4 nitrogen and oxygen atoms in total. The average Bonchev–Trinajstić information content (AvgIpc) is 2.65. The molecule has 2 aromatic carbocycles. The highest BCUT2D eigenvalue weighted by Crippen LogP contribution is 2.27. The minimum atomic E-state index is -0.580. The average molecular weight is 327 g/mol. The van der Waals surface area contributed by atoms with Gasteiger partial charge in [0.15, 0.2) is 17.6 Å². The first kappa shape index (κ1) is 18.0. The first-order valence-corrected chi connectivity index (χ1v) is 8.30. The first-order valence-electron chi connectivity index (χ1n) is 8.30. The molecule has 0 aromatic heterocycles. The number of ketones is 1. The van der Waals surface area contributed by atoms with E-state index in [1.165, 1.54) is 0 Å². The van der Waals surface area contributed by atoms with Crippen molar-refractivity contribution in [2.75, 3.05) is 26.7 Å². The number of likely N-dealkylation sites (N-methyl/N-ethyl adjacent to an activating group) is 1. The zero-order chi connectivity index (χ0) is 17.4. The summed E-state index contributed by atoms with van der Waals surface area (Å²) < 4.78 is 11.4. The summed E-state index contributed by atoms with van der Waals surface area (Å²) in [6, 6.07) is 16.7. The Labute approximate surface area is 144 Å². The molecular formula is C20H25NO3. The summed E-state index contributed by atoms with van der Waals surface area (Å²) in [5, 5.41) is 0. The predicted molar refractivity (Wildman–Crippen MR) is 96.0 cm³/mol. The molecule has 0 aliphatic rings. The lowest BCUT2D eigenvalue weighted by Crippen LogP contribution is -2.40. The molecule has 2 rings (SSSR count). The van der Waals surface area contributed by atoms with Crippen molar-refractivity contribution in [3.8, 4) is 11.5 Å². The van der Waals surface area contributed by atoms with E-state index in [4.69, 9.17) is 9.47 Å². The molecule has 0 N–H and O–H groups in total. The summed E-state index contributed by atoms with van der Waals surface area (Å²) in [5.74, 6) is 1.19. The molecule has 24 heavy (non-hydrogen) atoms. The molecule has 1 atom stereocenters. The summed E-state index contributed by atoms with van der Waals surface area (Å²) in [6.07, 6.45) is -0.580. The van der Waals surface area contributed by atoms with E-state index in [2.05, 4.69) is 18.7 Å². The van der Waals surface area contributed by atoms with E-state index in [-0.39, 0.29) is 5.78 Å². The van der Waals surface area contributed by atoms with Gasteiger partial charge in [0.2, 0.25) is 5.78 Å². The van der Waals surface area contributed by atoms with Crippen LogP contribution in [0.25, 0.3) is 0 Å². The molecule has 2 aromatic rings. The fraction of sp³-hybridized carbons (Fsp3) is 0.350. The van der Waals surface area contributed by atoms with Crippen LogP contribution in [-0.4, -0.2) is 43.5 Å². The number of carbonyl (C=O) groups is 1. The number of hydrogen-bond acceptors (Lipinski definition) is 4. The lowest BCUT2D eigenvalue weighted by Gasteiger charge is -2.26. The van der Waals surface area contributed by atoms with Crippen molar-refractivity contribution in [1.82, 2.24) is 4.90 Å². The predicted octanol–water partition coefficient (Wildman–Crippen LogP) is 3.67. The van der Waals surface area contributed by atoms with Crippen LogP contribution in [0.15, 0.2) is 54.6 Å². The van der Waals surface area contributed by atoms with Crippen LogP contribution in [0.2, 0.25) is 0 Å². The summed E-state index contributed by atoms with van der Waals surface area (Å²) in [6.45, 7) is 6.43. The number of hydrogen-bond donors (Lipinski definition) is 0. The van der Waals surface area contributed by atoms with Crippen LogP contribution in [0.1, 0.15) is 24.2 Å². The standard InChI is InChI=1S/C20H25NO3/c1-4-21(5-2)15-19(20(22)16-11-7-6-8-12-16)24-18-14-10-9-13-17(18)23-3/h6-14,19H,4-5,15H2,1-3H3/t19-/m0/s1. The fourth-order valence-electron chi connectivity index (χ4n) is 2.55. The second-order valence-corrected chi connectivity index (χ2v) is 5.47. The van der Waals surface area contributed by atoms with Crippen LogP contribution in [0.4, 0.5) is 0 Å². The molecular weight excluding hydrogens is 302 g/mol. The molecule has 0 spiro atoms. The van der Waals surface area contributed by atoms with Gasteiger partial charge in [-0.2, -0.15) is 0 Å². The first-order chi connectivity index (χ1) is 11.7. The Morgan fingerprint density at radius 1 is 0.958 bits per heavy atom. The van der Waals surface area contributed by atoms with Gasteiger partial charge >= 0.3 is 0 Å². The molecule has 0 aliphatic heterocycles. The summed E-state index contributed by atoms with van der Waals surface area (Å²) in [5.41, 5.74) is 0.657. The molecule has 128 valence electrons. The molecule has 0 heterocycles. The molecule has 0 aliphatic carbocycles. The fourth-order valence-corrected chi connectivity index (χ4v) is 2.55. The number of carbonyl (C=O) groups excluding carboxylic acids is 1. The Hall–Kier alpha value is -2.33. The topological polar surface area (TPSA) is 38.8 Å². The van der Waals surface area contributed by atoms with E-state index in [0.29, 0.717) is 23.6 Å². The van der Waals surface area contributed by atoms with Gasteiger partial charge in [-0.3, -0.25) is 9.69 Å². The van der Waals surface area contributed by atoms with Crippen molar-refractivity contribution in [3.05, 3.63) is 60.2 Å². The maximum atomic E-state index is 12.9. The van der Waals surface area contributed by atoms with E-state index in [0.717, 1.165) is 13.1 Å². The number of methoxy groups -OCH3 is 1. The zero-order valence-electron chi connectivity index (χ0n) is 14.6. The molecule has 0 saturated carbocycles. The minimum Gasteiger partial charge on any atom is -0.493 e. The number of Topliss-reactive ketones (excluding diaryl/α,β-unsaturated/α-hetero) is 1. The lowest BCUT2D eigenvalue weighted by atomic mass is 10.1. The van der Waals surface area contributed by atoms with Crippen LogP contribution in [0.5, 0.6) is 11.5 Å². The third kappa shape index (κ3) is 4.59. The second-order valence-electron chi connectivity index (χ2n) is 5.47. The monoisotopic (exact) mass is 327 g/mol. The van der Waals surface area contributed by atoms with Crippen LogP contribution in [0, 0.1) is 0 Å². The zero-order valence-corrected chi connectivity index (χ0v) is 14.6. The molecule has 0 amide bonds. The largest absolute Gasteiger partial charge is 0.493 e. The Kier molecular flexibility index (Phi) is 6.82. The van der Waals surface area contributed by atoms with E-state index in [1.807, 2.05) is 54.6 Å². The van der Waals surface area contributed by atoms with E-state index >= 15 is 0 Å². The highest BCUT2D eigenvalue weighted by molar-refractivity contribution is 5.99. The summed E-state index contributed by atoms with van der Waals surface area (Å²) in [7, 11) is 1.60. The third-order valence-electron chi connectivity index (χ3n) is 4.01. The van der Waals surface area contributed by atoms with Crippen molar-refractivity contribution in [3.63, 3.8) is 0 Å². The van der Waals surface area contributed by atoms with Gasteiger partial charge in [0.25, 0.3) is 0 Å². The number of benzene rings is 2. The Bertz CT molecular complexity index is 638. The second kappa shape index (κ2) is 9.08. The molecule has 0 saturated heterocycles. The van der Waals surface area contributed by atoms with E-state index < -0.39 is 6.10 Å². The highest BCUT2D eigenvalue weighted by Gasteiger charge is 2.25. The molecule has 0 bridgehead atoms. The van der Waals surface area contributed by atoms with Crippen LogP contribution < -0.4 is 9.47 Å². The highest BCUT2D eigenvalue weighted by atomic mass is 16.5. The number of rotatable bonds is 9. The molecule has 4 heteroatoms. The van der Waals surface area contributed by atoms with Gasteiger partial charge < -0.3 is 9.47 Å². The van der Waals surface area contributed by atoms with Gasteiger partial charge in [-0.15, -0.1) is 0 Å². The number of ether oxygens (including phenoxy) is 2. The van der Waals surface area contributed by atoms with Crippen molar-refractivity contribution >= 4 is 5.78 Å². The lowest BCUT2D eigenvalue weighted by molar-refractivity contribution is 0.0708. The van der Waals surface area contributed by atoms with Gasteiger partial charge in [0.1, 0.15) is 0 Å². The van der Waals surface area contributed by atoms with Gasteiger partial charge in [0, 0.05) is 12.1 Å². The van der Waals surface area contributed by atoms with Crippen LogP contribution in [-0.2, 0) is 0 Å². The van der Waals surface area contributed by atoms with Crippen molar-refractivity contribution in [2.45, 2.75) is 20.0 Å². The maximum Gasteiger partial charge on any atom is 0.204 e. The molecule has 0 fully saturated rings. The van der Waals surface area contributed by atoms with Gasteiger partial charge in [-0.1, -0.05) is 56.3 Å². The van der Waals surface area contributed by atoms with Crippen LogP contribution >= 0.6 is 0 Å². The Morgan fingerprint density at radius 2 is 1.54 bits per heavy atom. The number of para-hydroxylation sites is 2. The van der Waals surface area contributed by atoms with E-state index in [1.54, 1.807) is 7.11 Å². The van der Waals surface area contributed by atoms with E-state index in [9.17, 15) is 4.79 Å². The summed E-state index contributed by atoms with van der Waals surface area (Å²) >= 11 is 0. The Balaban J connectivity index is 2.27. The minimum absolute atomic E-state index is 0.0200. The van der Waals surface area contributed by atoms with Crippen LogP contribution in [0.3, 0.4) is 0 Å². The van der Waals surface area contributed by atoms with Gasteiger partial charge in [-0.25, -0.2) is 0 Å². The normalized spacial score (nSPS) is 12.0. The summed E-state index contributed by atoms with van der Waals surface area (Å²) in [4.78, 5) is 15.1. The number of nitrogens with zero attached hydrogens (tertiary/aromatic N) is 1. The third-order valence-corrected chi connectivity index (χ3v) is 4.01. The quantitative estimate of drug-likeness (QED) is 0.659. The van der Waals surface area contributed by atoms with Gasteiger partial charge in [0.05, 0.1) is 7.11 Å². The smallest absolute Gasteiger partial charge is 0.204 e. The van der Waals surface area contributed by atoms with Crippen molar-refractivity contribution in [2.24, 2.45) is 0 Å². The maximum absolute atomic E-state index is 12.9. The Morgan fingerprint density at radius 3 is 2.12 bits per heavy atom. The van der Waals surface area contributed by atoms with Crippen molar-refractivity contribution < 1.29 is 14.3 Å². The molecule has 0 radical (unpaired) electrons. The SMILES string of the molecule is CCN(CC)C[C@H](Oc1ccccc1OC)C(=O)c1ccccc1. The van der Waals surface area contributed by atoms with Crippen molar-refractivity contribution in [1.29, 1.82) is 0 Å².